The highest BCUT2D eigenvalue weighted by molar-refractivity contribution is 5.73. The molecule has 1 N–H and O–H groups in total. The quantitative estimate of drug-likeness (QED) is 0.775. The average molecular weight is 306 g/mol. The third-order valence-electron chi connectivity index (χ3n) is 3.21. The second kappa shape index (κ2) is 7.58. The van der Waals surface area contributed by atoms with Crippen LogP contribution in [0.3, 0.4) is 0 Å². The average Bonchev–Trinajstić information content (AvgIpc) is 3.12. The molecule has 2 aromatic rings. The number of nitrogens with one attached hydrogen (secondary N) is 1. The first-order valence-corrected chi connectivity index (χ1v) is 7.36. The Balaban J connectivity index is 1.67. The van der Waals surface area contributed by atoms with E-state index >= 15 is 0 Å². The summed E-state index contributed by atoms with van der Waals surface area (Å²) in [5.41, 5.74) is 1.17. The van der Waals surface area contributed by atoms with Gasteiger partial charge in [0.25, 0.3) is 0 Å². The SMILES string of the molecule is CCc1nnc(CN(C)C(=O)NCCCc2cnn(C)c2)o1. The molecule has 2 amide bonds. The smallest absolute Gasteiger partial charge is 0.317 e. The van der Waals surface area contributed by atoms with Gasteiger partial charge in [-0.25, -0.2) is 4.79 Å². The standard InChI is InChI=1S/C14H22N6O2/c1-4-12-17-18-13(22-12)10-19(2)14(21)15-7-5-6-11-8-16-20(3)9-11/h8-9H,4-7,10H2,1-3H3,(H,15,21). The number of hydrogen-bond acceptors (Lipinski definition) is 5. The molecule has 0 unspecified atom stereocenters. The summed E-state index contributed by atoms with van der Waals surface area (Å²) < 4.78 is 7.16. The Bertz CT molecular complexity index is 606. The van der Waals surface area contributed by atoms with Gasteiger partial charge >= 0.3 is 6.03 Å². The van der Waals surface area contributed by atoms with Crippen molar-refractivity contribution in [3.63, 3.8) is 0 Å². The number of aryl methyl sites for hydroxylation is 3. The molecule has 8 heteroatoms. The molecule has 0 aliphatic carbocycles. The second-order valence-electron chi connectivity index (χ2n) is 5.16. The number of carbonyl (C=O) groups is 1. The molecule has 22 heavy (non-hydrogen) atoms. The van der Waals surface area contributed by atoms with Gasteiger partial charge in [-0.3, -0.25) is 4.68 Å². The molecule has 0 atom stereocenters. The first-order valence-electron chi connectivity index (χ1n) is 7.36. The van der Waals surface area contributed by atoms with Gasteiger partial charge in [-0.15, -0.1) is 10.2 Å². The molecule has 0 aliphatic heterocycles. The predicted molar refractivity (Wildman–Crippen MR) is 80.1 cm³/mol. The lowest BCUT2D eigenvalue weighted by Crippen LogP contribution is -2.37. The Hall–Kier alpha value is -2.38. The van der Waals surface area contributed by atoms with Crippen LogP contribution < -0.4 is 5.32 Å². The van der Waals surface area contributed by atoms with Crippen molar-refractivity contribution < 1.29 is 9.21 Å². The molecule has 0 spiro atoms. The van der Waals surface area contributed by atoms with Gasteiger partial charge in [0.05, 0.1) is 6.20 Å². The van der Waals surface area contributed by atoms with Crippen LogP contribution in [0.5, 0.6) is 0 Å². The van der Waals surface area contributed by atoms with Gasteiger partial charge < -0.3 is 14.6 Å². The third-order valence-corrected chi connectivity index (χ3v) is 3.21. The van der Waals surface area contributed by atoms with Gasteiger partial charge in [0.1, 0.15) is 6.54 Å². The number of hydrogen-bond donors (Lipinski definition) is 1. The Morgan fingerprint density at radius 3 is 2.82 bits per heavy atom. The minimum Gasteiger partial charge on any atom is -0.423 e. The van der Waals surface area contributed by atoms with E-state index in [4.69, 9.17) is 4.42 Å². The zero-order valence-corrected chi connectivity index (χ0v) is 13.2. The fourth-order valence-electron chi connectivity index (χ4n) is 1.99. The molecule has 8 nitrogen and oxygen atoms in total. The number of rotatable bonds is 7. The van der Waals surface area contributed by atoms with Crippen molar-refractivity contribution in [2.24, 2.45) is 7.05 Å². The van der Waals surface area contributed by atoms with E-state index in [1.165, 1.54) is 10.5 Å². The summed E-state index contributed by atoms with van der Waals surface area (Å²) in [6, 6.07) is -0.151. The van der Waals surface area contributed by atoms with E-state index in [-0.39, 0.29) is 6.03 Å². The van der Waals surface area contributed by atoms with Crippen LogP contribution in [0.25, 0.3) is 0 Å². The first-order chi connectivity index (χ1) is 10.6. The third kappa shape index (κ3) is 4.57. The van der Waals surface area contributed by atoms with Crippen LogP contribution in [-0.4, -0.2) is 44.5 Å². The van der Waals surface area contributed by atoms with Crippen LogP contribution in [0.15, 0.2) is 16.8 Å². The largest absolute Gasteiger partial charge is 0.423 e. The predicted octanol–water partition coefficient (Wildman–Crippen LogP) is 1.14. The molecule has 0 aliphatic rings. The summed E-state index contributed by atoms with van der Waals surface area (Å²) in [6.45, 7) is 2.86. The van der Waals surface area contributed by atoms with Crippen LogP contribution in [0.4, 0.5) is 4.79 Å². The lowest BCUT2D eigenvalue weighted by Gasteiger charge is -2.15. The van der Waals surface area contributed by atoms with Gasteiger partial charge in [0.2, 0.25) is 11.8 Å². The fraction of sp³-hybridized carbons (Fsp3) is 0.571. The summed E-state index contributed by atoms with van der Waals surface area (Å²) in [5, 5.41) is 14.8. The summed E-state index contributed by atoms with van der Waals surface area (Å²) in [6.07, 6.45) is 6.27. The summed E-state index contributed by atoms with van der Waals surface area (Å²) in [7, 11) is 3.59. The minimum absolute atomic E-state index is 0.151. The van der Waals surface area contributed by atoms with Gasteiger partial charge in [-0.2, -0.15) is 5.10 Å². The highest BCUT2D eigenvalue weighted by Gasteiger charge is 2.12. The van der Waals surface area contributed by atoms with Gasteiger partial charge in [0, 0.05) is 33.3 Å². The number of amides is 2. The van der Waals surface area contributed by atoms with Gasteiger partial charge in [-0.05, 0) is 18.4 Å². The maximum atomic E-state index is 11.9. The first kappa shape index (κ1) is 16.0. The van der Waals surface area contributed by atoms with Crippen molar-refractivity contribution in [3.05, 3.63) is 29.7 Å². The number of aromatic nitrogens is 4. The fourth-order valence-corrected chi connectivity index (χ4v) is 1.99. The van der Waals surface area contributed by atoms with E-state index < -0.39 is 0 Å². The van der Waals surface area contributed by atoms with E-state index in [1.54, 1.807) is 11.7 Å². The second-order valence-corrected chi connectivity index (χ2v) is 5.16. The normalized spacial score (nSPS) is 10.7. The molecular formula is C14H22N6O2. The lowest BCUT2D eigenvalue weighted by molar-refractivity contribution is 0.201. The summed E-state index contributed by atoms with van der Waals surface area (Å²) in [5.74, 6) is 1.03. The summed E-state index contributed by atoms with van der Waals surface area (Å²) in [4.78, 5) is 13.5. The highest BCUT2D eigenvalue weighted by Crippen LogP contribution is 2.04. The van der Waals surface area contributed by atoms with Gasteiger partial charge in [0.15, 0.2) is 0 Å². The van der Waals surface area contributed by atoms with Crippen molar-refractivity contribution in [3.8, 4) is 0 Å². The highest BCUT2D eigenvalue weighted by atomic mass is 16.4. The molecule has 0 saturated heterocycles. The number of carbonyl (C=O) groups excluding carboxylic acids is 1. The molecule has 2 rings (SSSR count). The van der Waals surface area contributed by atoms with E-state index in [9.17, 15) is 4.79 Å². The molecule has 0 bridgehead atoms. The maximum absolute atomic E-state index is 11.9. The Morgan fingerprint density at radius 1 is 1.41 bits per heavy atom. The van der Waals surface area contributed by atoms with Crippen molar-refractivity contribution in [2.75, 3.05) is 13.6 Å². The van der Waals surface area contributed by atoms with Crippen molar-refractivity contribution in [1.82, 2.24) is 30.2 Å². The van der Waals surface area contributed by atoms with Crippen molar-refractivity contribution in [2.45, 2.75) is 32.7 Å². The van der Waals surface area contributed by atoms with Crippen molar-refractivity contribution in [1.29, 1.82) is 0 Å². The van der Waals surface area contributed by atoms with E-state index in [2.05, 4.69) is 20.6 Å². The molecule has 0 saturated carbocycles. The maximum Gasteiger partial charge on any atom is 0.317 e. The lowest BCUT2D eigenvalue weighted by atomic mass is 10.2. The van der Waals surface area contributed by atoms with E-state index in [1.807, 2.05) is 26.4 Å². The van der Waals surface area contributed by atoms with E-state index in [0.29, 0.717) is 31.3 Å². The monoisotopic (exact) mass is 306 g/mol. The molecular weight excluding hydrogens is 284 g/mol. The van der Waals surface area contributed by atoms with Crippen LogP contribution in [-0.2, 0) is 26.4 Å². The van der Waals surface area contributed by atoms with Crippen LogP contribution in [0.2, 0.25) is 0 Å². The zero-order valence-electron chi connectivity index (χ0n) is 13.2. The van der Waals surface area contributed by atoms with Crippen LogP contribution >= 0.6 is 0 Å². The Labute approximate surface area is 129 Å². The van der Waals surface area contributed by atoms with E-state index in [0.717, 1.165) is 12.8 Å². The van der Waals surface area contributed by atoms with Crippen molar-refractivity contribution >= 4 is 6.03 Å². The van der Waals surface area contributed by atoms with Gasteiger partial charge in [-0.1, -0.05) is 6.92 Å². The van der Waals surface area contributed by atoms with Crippen LogP contribution in [0.1, 0.15) is 30.7 Å². The molecule has 2 aromatic heterocycles. The minimum atomic E-state index is -0.151. The Kier molecular flexibility index (Phi) is 5.51. The Morgan fingerprint density at radius 2 is 2.18 bits per heavy atom. The van der Waals surface area contributed by atoms with Crippen LogP contribution in [0, 0.1) is 0 Å². The molecule has 0 radical (unpaired) electrons. The zero-order chi connectivity index (χ0) is 15.9. The molecule has 120 valence electrons. The number of urea groups is 1. The molecule has 0 aromatic carbocycles. The molecule has 0 fully saturated rings. The number of nitrogens with zero attached hydrogens (tertiary/aromatic N) is 5. The topological polar surface area (TPSA) is 89.1 Å². The molecule has 2 heterocycles. The summed E-state index contributed by atoms with van der Waals surface area (Å²) >= 11 is 0.